The maximum absolute atomic E-state index is 11.5. The van der Waals surface area contributed by atoms with E-state index in [-0.39, 0.29) is 18.2 Å². The first-order valence-corrected chi connectivity index (χ1v) is 4.41. The van der Waals surface area contributed by atoms with Gasteiger partial charge in [-0.15, -0.1) is 6.42 Å². The molecule has 1 aliphatic heterocycles. The average Bonchev–Trinajstić information content (AvgIpc) is 2.45. The van der Waals surface area contributed by atoms with Crippen molar-refractivity contribution < 1.29 is 9.59 Å². The minimum absolute atomic E-state index is 0.181. The van der Waals surface area contributed by atoms with Crippen LogP contribution < -0.4 is 0 Å². The zero-order valence-corrected chi connectivity index (χ0v) is 7.56. The van der Waals surface area contributed by atoms with Gasteiger partial charge in [-0.2, -0.15) is 0 Å². The molecule has 0 saturated carbocycles. The monoisotopic (exact) mass is 187 g/mol. The third kappa shape index (κ3) is 1.08. The SMILES string of the molecule is C#CCN1C(=O)C(=O)C2CC=CC=C21. The highest BCUT2D eigenvalue weighted by molar-refractivity contribution is 6.40. The molecule has 0 bridgehead atoms. The van der Waals surface area contributed by atoms with E-state index in [1.165, 1.54) is 4.90 Å². The molecule has 3 heteroatoms. The van der Waals surface area contributed by atoms with Gasteiger partial charge < -0.3 is 0 Å². The van der Waals surface area contributed by atoms with Crippen molar-refractivity contribution in [3.63, 3.8) is 0 Å². The van der Waals surface area contributed by atoms with E-state index in [4.69, 9.17) is 6.42 Å². The standard InChI is InChI=1S/C11H9NO2/c1-2-7-12-9-6-4-3-5-8(9)10(13)11(12)14/h1,3-4,6,8H,5,7H2. The summed E-state index contributed by atoms with van der Waals surface area (Å²) in [5, 5.41) is 0. The van der Waals surface area contributed by atoms with Crippen LogP contribution in [0.25, 0.3) is 0 Å². The second kappa shape index (κ2) is 3.15. The van der Waals surface area contributed by atoms with Gasteiger partial charge in [0.2, 0.25) is 5.78 Å². The number of ketones is 1. The molecular formula is C11H9NO2. The van der Waals surface area contributed by atoms with E-state index >= 15 is 0 Å². The Morgan fingerprint density at radius 1 is 1.57 bits per heavy atom. The van der Waals surface area contributed by atoms with Crippen molar-refractivity contribution in [3.05, 3.63) is 23.9 Å². The normalized spacial score (nSPS) is 24.6. The lowest BCUT2D eigenvalue weighted by molar-refractivity contribution is -0.140. The van der Waals surface area contributed by atoms with Crippen molar-refractivity contribution in [2.45, 2.75) is 6.42 Å². The number of hydrogen-bond acceptors (Lipinski definition) is 2. The predicted molar refractivity (Wildman–Crippen MR) is 50.9 cm³/mol. The summed E-state index contributed by atoms with van der Waals surface area (Å²) in [6.07, 6.45) is 11.3. The average molecular weight is 187 g/mol. The number of nitrogens with zero attached hydrogens (tertiary/aromatic N) is 1. The molecule has 1 aliphatic carbocycles. The molecule has 2 aliphatic rings. The van der Waals surface area contributed by atoms with Crippen molar-refractivity contribution in [1.82, 2.24) is 4.90 Å². The van der Waals surface area contributed by atoms with Crippen LogP contribution in [0.2, 0.25) is 0 Å². The number of likely N-dealkylation sites (tertiary alicyclic amines) is 1. The summed E-state index contributed by atoms with van der Waals surface area (Å²) in [5.74, 6) is 1.28. The number of carbonyl (C=O) groups is 2. The summed E-state index contributed by atoms with van der Waals surface area (Å²) in [4.78, 5) is 24.3. The second-order valence-electron chi connectivity index (χ2n) is 3.27. The summed E-state index contributed by atoms with van der Waals surface area (Å²) in [6.45, 7) is 0.181. The van der Waals surface area contributed by atoms with E-state index in [9.17, 15) is 9.59 Å². The largest absolute Gasteiger partial charge is 0.297 e. The van der Waals surface area contributed by atoms with Crippen LogP contribution in [0.15, 0.2) is 23.9 Å². The van der Waals surface area contributed by atoms with Gasteiger partial charge in [-0.25, -0.2) is 0 Å². The van der Waals surface area contributed by atoms with Gasteiger partial charge in [-0.05, 0) is 12.5 Å². The Kier molecular flexibility index (Phi) is 1.97. The molecule has 0 spiro atoms. The Balaban J connectivity index is 2.38. The van der Waals surface area contributed by atoms with Gasteiger partial charge in [0.15, 0.2) is 0 Å². The number of rotatable bonds is 1. The number of amides is 1. The maximum atomic E-state index is 11.5. The number of carbonyl (C=O) groups excluding carboxylic acids is 2. The minimum atomic E-state index is -0.470. The molecule has 14 heavy (non-hydrogen) atoms. The lowest BCUT2D eigenvalue weighted by Gasteiger charge is -2.17. The minimum Gasteiger partial charge on any atom is -0.297 e. The van der Waals surface area contributed by atoms with E-state index in [0.717, 1.165) is 5.70 Å². The van der Waals surface area contributed by atoms with Crippen LogP contribution in [0.3, 0.4) is 0 Å². The summed E-state index contributed by atoms with van der Waals surface area (Å²) >= 11 is 0. The van der Waals surface area contributed by atoms with Crippen LogP contribution in [0.4, 0.5) is 0 Å². The molecule has 3 nitrogen and oxygen atoms in total. The predicted octanol–water partition coefficient (Wildman–Crippen LogP) is 0.491. The molecule has 0 aromatic rings. The Morgan fingerprint density at radius 3 is 3.07 bits per heavy atom. The van der Waals surface area contributed by atoms with Gasteiger partial charge in [-0.3, -0.25) is 14.5 Å². The highest BCUT2D eigenvalue weighted by Crippen LogP contribution is 2.31. The summed E-state index contributed by atoms with van der Waals surface area (Å²) < 4.78 is 0. The second-order valence-corrected chi connectivity index (χ2v) is 3.27. The number of allylic oxidation sites excluding steroid dienone is 4. The molecule has 0 N–H and O–H groups in total. The zero-order chi connectivity index (χ0) is 10.1. The molecule has 1 saturated heterocycles. The number of terminal acetylenes is 1. The molecule has 1 heterocycles. The van der Waals surface area contributed by atoms with Crippen LogP contribution in [-0.4, -0.2) is 23.1 Å². The maximum Gasteiger partial charge on any atom is 0.295 e. The molecule has 2 rings (SSSR count). The van der Waals surface area contributed by atoms with Crippen LogP contribution in [0, 0.1) is 18.3 Å². The fraction of sp³-hybridized carbons (Fsp3) is 0.273. The van der Waals surface area contributed by atoms with Gasteiger partial charge >= 0.3 is 0 Å². The molecule has 70 valence electrons. The van der Waals surface area contributed by atoms with Gasteiger partial charge in [0, 0.05) is 5.70 Å². The summed E-state index contributed by atoms with van der Waals surface area (Å²) in [5.41, 5.74) is 0.750. The highest BCUT2D eigenvalue weighted by atomic mass is 16.2. The number of hydrogen-bond donors (Lipinski definition) is 0. The molecule has 1 atom stereocenters. The van der Waals surface area contributed by atoms with Gasteiger partial charge in [0.05, 0.1) is 12.5 Å². The Bertz CT molecular complexity index is 398. The van der Waals surface area contributed by atoms with Crippen molar-refractivity contribution >= 4 is 11.7 Å². The fourth-order valence-corrected chi connectivity index (χ4v) is 1.79. The van der Waals surface area contributed by atoms with E-state index in [0.29, 0.717) is 6.42 Å². The van der Waals surface area contributed by atoms with Crippen LogP contribution in [0.1, 0.15) is 6.42 Å². The van der Waals surface area contributed by atoms with Crippen molar-refractivity contribution in [3.8, 4) is 12.3 Å². The summed E-state index contributed by atoms with van der Waals surface area (Å²) in [7, 11) is 0. The van der Waals surface area contributed by atoms with Crippen molar-refractivity contribution in [1.29, 1.82) is 0 Å². The molecule has 0 aromatic heterocycles. The first-order chi connectivity index (χ1) is 6.75. The quantitative estimate of drug-likeness (QED) is 0.442. The Morgan fingerprint density at radius 2 is 2.36 bits per heavy atom. The van der Waals surface area contributed by atoms with Gasteiger partial charge in [0.1, 0.15) is 0 Å². The van der Waals surface area contributed by atoms with Crippen LogP contribution in [-0.2, 0) is 9.59 Å². The molecule has 0 aromatic carbocycles. The van der Waals surface area contributed by atoms with Crippen LogP contribution >= 0.6 is 0 Å². The van der Waals surface area contributed by atoms with Gasteiger partial charge in [-0.1, -0.05) is 18.1 Å². The van der Waals surface area contributed by atoms with E-state index in [1.54, 1.807) is 6.08 Å². The lowest BCUT2D eigenvalue weighted by Crippen LogP contribution is -2.26. The molecule has 1 fully saturated rings. The van der Waals surface area contributed by atoms with E-state index < -0.39 is 5.91 Å². The summed E-state index contributed by atoms with van der Waals surface area (Å²) in [6, 6.07) is 0. The van der Waals surface area contributed by atoms with Crippen LogP contribution in [0.5, 0.6) is 0 Å². The van der Waals surface area contributed by atoms with E-state index in [2.05, 4.69) is 5.92 Å². The molecule has 0 radical (unpaired) electrons. The molecular weight excluding hydrogens is 178 g/mol. The third-order valence-electron chi connectivity index (χ3n) is 2.47. The smallest absolute Gasteiger partial charge is 0.295 e. The molecule has 1 amide bonds. The first-order valence-electron chi connectivity index (χ1n) is 4.41. The Labute approximate surface area is 82.1 Å². The highest BCUT2D eigenvalue weighted by Gasteiger charge is 2.42. The third-order valence-corrected chi connectivity index (χ3v) is 2.47. The lowest BCUT2D eigenvalue weighted by atomic mass is 9.96. The van der Waals surface area contributed by atoms with E-state index in [1.807, 2.05) is 12.2 Å². The zero-order valence-electron chi connectivity index (χ0n) is 7.56. The first kappa shape index (κ1) is 8.76. The number of fused-ring (bicyclic) bond motifs is 1. The number of Topliss-reactive ketones (excluding diaryl/α,β-unsaturated/α-hetero) is 1. The van der Waals surface area contributed by atoms with Crippen molar-refractivity contribution in [2.24, 2.45) is 5.92 Å². The topological polar surface area (TPSA) is 37.4 Å². The Hall–Kier alpha value is -1.82. The molecule has 1 unspecified atom stereocenters. The van der Waals surface area contributed by atoms with Crippen molar-refractivity contribution in [2.75, 3.05) is 6.54 Å². The van der Waals surface area contributed by atoms with Gasteiger partial charge in [0.25, 0.3) is 5.91 Å². The fourth-order valence-electron chi connectivity index (χ4n) is 1.79.